The first kappa shape index (κ1) is 18.3. The summed E-state index contributed by atoms with van der Waals surface area (Å²) in [6.07, 6.45) is 0. The van der Waals surface area contributed by atoms with E-state index in [4.69, 9.17) is 5.73 Å². The third-order valence-electron chi connectivity index (χ3n) is 5.34. The van der Waals surface area contributed by atoms with Gasteiger partial charge >= 0.3 is 0 Å². The summed E-state index contributed by atoms with van der Waals surface area (Å²) in [7, 11) is 0. The van der Waals surface area contributed by atoms with E-state index in [9.17, 15) is 9.59 Å². The number of H-pyrrole nitrogens is 1. The Morgan fingerprint density at radius 2 is 1.61 bits per heavy atom. The van der Waals surface area contributed by atoms with E-state index in [1.165, 1.54) is 0 Å². The summed E-state index contributed by atoms with van der Waals surface area (Å²) in [6, 6.07) is 16.7. The van der Waals surface area contributed by atoms with Crippen molar-refractivity contribution < 1.29 is 9.59 Å². The normalized spacial score (nSPS) is 15.6. The van der Waals surface area contributed by atoms with Crippen LogP contribution in [0.5, 0.6) is 0 Å². The molecular weight excluding hydrogens is 352 g/mol. The Labute approximate surface area is 163 Å². The number of nitrogens with two attached hydrogens (primary N) is 1. The maximum Gasteiger partial charge on any atom is 0.270 e. The van der Waals surface area contributed by atoms with E-state index in [2.05, 4.69) is 4.98 Å². The minimum Gasteiger partial charge on any atom is -0.351 e. The predicted molar refractivity (Wildman–Crippen MR) is 109 cm³/mol. The van der Waals surface area contributed by atoms with Gasteiger partial charge in [-0.3, -0.25) is 9.59 Å². The maximum absolute atomic E-state index is 12.8. The average Bonchev–Trinajstić information content (AvgIpc) is 3.17. The van der Waals surface area contributed by atoms with Crippen LogP contribution < -0.4 is 5.73 Å². The van der Waals surface area contributed by atoms with Gasteiger partial charge in [-0.05, 0) is 24.6 Å². The minimum atomic E-state index is -0.670. The highest BCUT2D eigenvalue weighted by atomic mass is 16.2. The molecule has 4 rings (SSSR count). The predicted octanol–water partition coefficient (Wildman–Crippen LogP) is 2.46. The van der Waals surface area contributed by atoms with Gasteiger partial charge in [0.05, 0.1) is 0 Å². The van der Waals surface area contributed by atoms with Gasteiger partial charge in [-0.15, -0.1) is 0 Å². The van der Waals surface area contributed by atoms with Crippen molar-refractivity contribution in [2.45, 2.75) is 13.0 Å². The molecule has 6 nitrogen and oxygen atoms in total. The lowest BCUT2D eigenvalue weighted by atomic mass is 10.0. The molecule has 1 aromatic heterocycles. The zero-order valence-electron chi connectivity index (χ0n) is 15.9. The number of fused-ring (bicyclic) bond motifs is 1. The van der Waals surface area contributed by atoms with Crippen LogP contribution in [0.15, 0.2) is 54.6 Å². The van der Waals surface area contributed by atoms with Crippen LogP contribution in [-0.2, 0) is 4.79 Å². The number of rotatable bonds is 3. The van der Waals surface area contributed by atoms with Crippen LogP contribution in [0.1, 0.15) is 27.7 Å². The van der Waals surface area contributed by atoms with E-state index >= 15 is 0 Å². The third kappa shape index (κ3) is 3.51. The molecular formula is C22H24N4O2. The highest BCUT2D eigenvalue weighted by Crippen LogP contribution is 2.19. The van der Waals surface area contributed by atoms with Gasteiger partial charge in [0, 0.05) is 37.1 Å². The first-order valence-electron chi connectivity index (χ1n) is 9.51. The van der Waals surface area contributed by atoms with Crippen LogP contribution in [-0.4, -0.2) is 52.8 Å². The van der Waals surface area contributed by atoms with Crippen molar-refractivity contribution in [2.75, 3.05) is 26.2 Å². The number of carbonyl (C=O) groups is 2. The van der Waals surface area contributed by atoms with Crippen molar-refractivity contribution in [3.05, 3.63) is 71.4 Å². The zero-order chi connectivity index (χ0) is 19.7. The molecule has 1 fully saturated rings. The largest absolute Gasteiger partial charge is 0.351 e. The van der Waals surface area contributed by atoms with Gasteiger partial charge in [0.1, 0.15) is 11.7 Å². The van der Waals surface area contributed by atoms with Gasteiger partial charge in [-0.1, -0.05) is 48.0 Å². The molecule has 2 amide bonds. The van der Waals surface area contributed by atoms with Crippen molar-refractivity contribution in [3.63, 3.8) is 0 Å². The molecule has 1 aliphatic heterocycles. The van der Waals surface area contributed by atoms with Crippen LogP contribution in [0.25, 0.3) is 10.9 Å². The number of aromatic amines is 1. The fraction of sp³-hybridized carbons (Fsp3) is 0.273. The first-order valence-corrected chi connectivity index (χ1v) is 9.51. The Morgan fingerprint density at radius 3 is 2.29 bits per heavy atom. The van der Waals surface area contributed by atoms with Crippen LogP contribution in [0, 0.1) is 6.92 Å². The fourth-order valence-corrected chi connectivity index (χ4v) is 3.60. The molecule has 3 aromatic rings. The van der Waals surface area contributed by atoms with Crippen LogP contribution in [0.2, 0.25) is 0 Å². The number of hydrogen-bond donors (Lipinski definition) is 2. The lowest BCUT2D eigenvalue weighted by molar-refractivity contribution is -0.134. The number of nitrogens with one attached hydrogen (secondary N) is 1. The summed E-state index contributed by atoms with van der Waals surface area (Å²) in [5, 5.41) is 1.02. The third-order valence-corrected chi connectivity index (χ3v) is 5.34. The highest BCUT2D eigenvalue weighted by Gasteiger charge is 2.28. The summed E-state index contributed by atoms with van der Waals surface area (Å²) < 4.78 is 0. The van der Waals surface area contributed by atoms with Crippen molar-refractivity contribution in [3.8, 4) is 0 Å². The number of amides is 2. The molecule has 1 unspecified atom stereocenters. The topological polar surface area (TPSA) is 82.4 Å². The van der Waals surface area contributed by atoms with Gasteiger partial charge in [-0.2, -0.15) is 0 Å². The molecule has 144 valence electrons. The molecule has 0 aliphatic carbocycles. The number of carbonyl (C=O) groups excluding carboxylic acids is 2. The summed E-state index contributed by atoms with van der Waals surface area (Å²) in [4.78, 5) is 32.3. The highest BCUT2D eigenvalue weighted by molar-refractivity contribution is 5.98. The van der Waals surface area contributed by atoms with E-state index in [1.54, 1.807) is 9.80 Å². The Balaban J connectivity index is 1.39. The molecule has 1 saturated heterocycles. The summed E-state index contributed by atoms with van der Waals surface area (Å²) in [6.45, 7) is 3.98. The van der Waals surface area contributed by atoms with E-state index in [1.807, 2.05) is 61.5 Å². The Kier molecular flexibility index (Phi) is 4.88. The van der Waals surface area contributed by atoms with E-state index in [0.29, 0.717) is 31.9 Å². The standard InChI is InChI=1S/C22H24N4O2/c1-15-6-8-16(9-7-15)20(23)22(28)26-12-10-25(11-13-26)21(27)19-14-17-4-2-3-5-18(17)24-19/h2-9,14,20,24H,10-13,23H2,1H3. The Bertz CT molecular complexity index is 968. The smallest absolute Gasteiger partial charge is 0.270 e. The molecule has 6 heteroatoms. The maximum atomic E-state index is 12.8. The second-order valence-electron chi connectivity index (χ2n) is 7.28. The number of piperazine rings is 1. The molecule has 2 aromatic carbocycles. The molecule has 0 radical (unpaired) electrons. The molecule has 1 aliphatic rings. The van der Waals surface area contributed by atoms with Gasteiger partial charge in [0.15, 0.2) is 0 Å². The van der Waals surface area contributed by atoms with Gasteiger partial charge < -0.3 is 20.5 Å². The molecule has 1 atom stereocenters. The molecule has 2 heterocycles. The fourth-order valence-electron chi connectivity index (χ4n) is 3.60. The lowest BCUT2D eigenvalue weighted by Crippen LogP contribution is -2.52. The Morgan fingerprint density at radius 1 is 0.964 bits per heavy atom. The van der Waals surface area contributed by atoms with Crippen LogP contribution >= 0.6 is 0 Å². The van der Waals surface area contributed by atoms with Crippen molar-refractivity contribution in [1.82, 2.24) is 14.8 Å². The first-order chi connectivity index (χ1) is 13.5. The zero-order valence-corrected chi connectivity index (χ0v) is 15.9. The van der Waals surface area contributed by atoms with E-state index < -0.39 is 6.04 Å². The quantitative estimate of drug-likeness (QED) is 0.737. The number of benzene rings is 2. The van der Waals surface area contributed by atoms with Gasteiger partial charge in [0.2, 0.25) is 5.91 Å². The summed E-state index contributed by atoms with van der Waals surface area (Å²) in [5.41, 5.74) is 9.64. The summed E-state index contributed by atoms with van der Waals surface area (Å²) >= 11 is 0. The molecule has 0 spiro atoms. The second kappa shape index (κ2) is 7.48. The Hall–Kier alpha value is -3.12. The summed E-state index contributed by atoms with van der Waals surface area (Å²) in [5.74, 6) is -0.132. The van der Waals surface area contributed by atoms with Crippen molar-refractivity contribution >= 4 is 22.7 Å². The van der Waals surface area contributed by atoms with Crippen LogP contribution in [0.4, 0.5) is 0 Å². The van der Waals surface area contributed by atoms with Crippen LogP contribution in [0.3, 0.4) is 0 Å². The van der Waals surface area contributed by atoms with Crippen molar-refractivity contribution in [2.24, 2.45) is 5.73 Å². The molecule has 28 heavy (non-hydrogen) atoms. The van der Waals surface area contributed by atoms with Crippen molar-refractivity contribution in [1.29, 1.82) is 0 Å². The molecule has 0 bridgehead atoms. The number of aryl methyl sites for hydroxylation is 1. The molecule has 0 saturated carbocycles. The number of aromatic nitrogens is 1. The number of nitrogens with zero attached hydrogens (tertiary/aromatic N) is 2. The SMILES string of the molecule is Cc1ccc(C(N)C(=O)N2CCN(C(=O)c3cc4ccccc4[nH]3)CC2)cc1. The second-order valence-corrected chi connectivity index (χ2v) is 7.28. The lowest BCUT2D eigenvalue weighted by Gasteiger charge is -2.35. The van der Waals surface area contributed by atoms with Gasteiger partial charge in [0.25, 0.3) is 5.91 Å². The van der Waals surface area contributed by atoms with E-state index in [-0.39, 0.29) is 11.8 Å². The minimum absolute atomic E-state index is 0.0360. The van der Waals surface area contributed by atoms with Gasteiger partial charge in [-0.25, -0.2) is 0 Å². The average molecular weight is 376 g/mol. The van der Waals surface area contributed by atoms with E-state index in [0.717, 1.165) is 22.0 Å². The number of para-hydroxylation sites is 1. The number of hydrogen-bond acceptors (Lipinski definition) is 3. The monoisotopic (exact) mass is 376 g/mol. The molecule has 3 N–H and O–H groups in total.